The average Bonchev–Trinajstić information content (AvgIpc) is 2.87. The van der Waals surface area contributed by atoms with Crippen molar-refractivity contribution in [2.24, 2.45) is 11.7 Å². The summed E-state index contributed by atoms with van der Waals surface area (Å²) in [5.74, 6) is 2.03. The Bertz CT molecular complexity index is 386. The van der Waals surface area contributed by atoms with E-state index in [0.29, 0.717) is 6.54 Å². The molecule has 2 aliphatic rings. The molecule has 2 atom stereocenters. The maximum Gasteiger partial charge on any atom is 0.118 e. The summed E-state index contributed by atoms with van der Waals surface area (Å²) in [6, 6.07) is 2.92. The lowest BCUT2D eigenvalue weighted by Gasteiger charge is -2.43. The Morgan fingerprint density at radius 2 is 2.06 bits per heavy atom. The van der Waals surface area contributed by atoms with Crippen molar-refractivity contribution in [3.05, 3.63) is 23.7 Å². The highest BCUT2D eigenvalue weighted by atomic mass is 16.3. The molecule has 0 bridgehead atoms. The van der Waals surface area contributed by atoms with Gasteiger partial charge in [-0.25, -0.2) is 0 Å². The molecule has 1 saturated carbocycles. The predicted octanol–water partition coefficient (Wildman–Crippen LogP) is 2.89. The van der Waals surface area contributed by atoms with E-state index in [1.165, 1.54) is 45.1 Å². The van der Waals surface area contributed by atoms with Gasteiger partial charge in [0.2, 0.25) is 0 Å². The minimum absolute atomic E-state index is 0.579. The lowest BCUT2D eigenvalue weighted by atomic mass is 9.78. The molecule has 0 amide bonds. The molecule has 0 aromatic carbocycles. The first-order valence-electron chi connectivity index (χ1n) is 7.37. The van der Waals surface area contributed by atoms with Crippen molar-refractivity contribution in [1.29, 1.82) is 0 Å². The van der Waals surface area contributed by atoms with Gasteiger partial charge >= 0.3 is 0 Å². The molecule has 1 aromatic rings. The Kier molecular flexibility index (Phi) is 3.71. The minimum Gasteiger partial charge on any atom is -0.468 e. The van der Waals surface area contributed by atoms with Gasteiger partial charge in [0.25, 0.3) is 0 Å². The summed E-state index contributed by atoms with van der Waals surface area (Å²) in [6.07, 6.45) is 10.3. The van der Waals surface area contributed by atoms with Crippen LogP contribution in [0.3, 0.4) is 0 Å². The van der Waals surface area contributed by atoms with E-state index in [4.69, 9.17) is 10.2 Å². The van der Waals surface area contributed by atoms with Crippen molar-refractivity contribution in [1.82, 2.24) is 4.90 Å². The fraction of sp³-hybridized carbons (Fsp3) is 0.733. The van der Waals surface area contributed by atoms with Gasteiger partial charge in [-0.3, -0.25) is 4.90 Å². The maximum atomic E-state index is 5.63. The summed E-state index contributed by atoms with van der Waals surface area (Å²) >= 11 is 0. The molecule has 1 aromatic heterocycles. The van der Waals surface area contributed by atoms with Crippen molar-refractivity contribution < 1.29 is 4.42 Å². The second-order valence-corrected chi connectivity index (χ2v) is 5.85. The topological polar surface area (TPSA) is 42.4 Å². The number of furan rings is 1. The molecular weight excluding hydrogens is 224 g/mol. The number of nitrogens with two attached hydrogens (primary N) is 1. The third-order valence-corrected chi connectivity index (χ3v) is 4.66. The van der Waals surface area contributed by atoms with Crippen LogP contribution >= 0.6 is 0 Å². The van der Waals surface area contributed by atoms with Gasteiger partial charge in [-0.1, -0.05) is 12.8 Å². The number of rotatable bonds is 3. The number of hydrogen-bond donors (Lipinski definition) is 1. The summed E-state index contributed by atoms with van der Waals surface area (Å²) in [5.41, 5.74) is 6.74. The van der Waals surface area contributed by atoms with Crippen LogP contribution in [-0.2, 0) is 13.1 Å². The van der Waals surface area contributed by atoms with E-state index in [1.807, 2.05) is 0 Å². The van der Waals surface area contributed by atoms with Gasteiger partial charge in [0.15, 0.2) is 0 Å². The molecule has 2 heterocycles. The van der Waals surface area contributed by atoms with Crippen LogP contribution < -0.4 is 5.73 Å². The molecule has 2 unspecified atom stereocenters. The Hall–Kier alpha value is -0.800. The van der Waals surface area contributed by atoms with Gasteiger partial charge in [-0.15, -0.1) is 0 Å². The van der Waals surface area contributed by atoms with Crippen LogP contribution in [0, 0.1) is 5.92 Å². The first-order chi connectivity index (χ1) is 8.86. The third kappa shape index (κ3) is 2.47. The quantitative estimate of drug-likeness (QED) is 0.894. The normalized spacial score (nSPS) is 29.2. The number of nitrogens with zero attached hydrogens (tertiary/aromatic N) is 1. The fourth-order valence-corrected chi connectivity index (χ4v) is 3.74. The highest BCUT2D eigenvalue weighted by Gasteiger charge is 2.33. The van der Waals surface area contributed by atoms with Crippen LogP contribution in [0.4, 0.5) is 0 Å². The van der Waals surface area contributed by atoms with E-state index in [2.05, 4.69) is 11.0 Å². The summed E-state index contributed by atoms with van der Waals surface area (Å²) in [7, 11) is 0. The van der Waals surface area contributed by atoms with Gasteiger partial charge < -0.3 is 10.2 Å². The minimum atomic E-state index is 0.579. The molecule has 3 nitrogen and oxygen atoms in total. The number of hydrogen-bond acceptors (Lipinski definition) is 3. The number of likely N-dealkylation sites (tertiary alicyclic amines) is 1. The highest BCUT2D eigenvalue weighted by molar-refractivity contribution is 5.12. The zero-order valence-corrected chi connectivity index (χ0v) is 11.1. The summed E-state index contributed by atoms with van der Waals surface area (Å²) in [6.45, 7) is 2.79. The van der Waals surface area contributed by atoms with Gasteiger partial charge in [-0.2, -0.15) is 0 Å². The van der Waals surface area contributed by atoms with Crippen molar-refractivity contribution in [2.45, 2.75) is 57.7 Å². The van der Waals surface area contributed by atoms with Crippen molar-refractivity contribution in [2.75, 3.05) is 6.54 Å². The molecule has 0 radical (unpaired) electrons. The van der Waals surface area contributed by atoms with E-state index < -0.39 is 0 Å². The van der Waals surface area contributed by atoms with E-state index >= 15 is 0 Å². The lowest BCUT2D eigenvalue weighted by molar-refractivity contribution is 0.0495. The Morgan fingerprint density at radius 3 is 2.89 bits per heavy atom. The summed E-state index contributed by atoms with van der Waals surface area (Å²) < 4.78 is 5.62. The third-order valence-electron chi connectivity index (χ3n) is 4.66. The Balaban J connectivity index is 1.66. The average molecular weight is 248 g/mol. The molecule has 3 rings (SSSR count). The van der Waals surface area contributed by atoms with E-state index in [1.54, 1.807) is 6.26 Å². The van der Waals surface area contributed by atoms with E-state index in [-0.39, 0.29) is 0 Å². The summed E-state index contributed by atoms with van der Waals surface area (Å²) in [4.78, 5) is 2.65. The van der Waals surface area contributed by atoms with E-state index in [9.17, 15) is 0 Å². The molecule has 2 N–H and O–H groups in total. The van der Waals surface area contributed by atoms with Crippen LogP contribution in [0.15, 0.2) is 16.7 Å². The smallest absolute Gasteiger partial charge is 0.118 e. The van der Waals surface area contributed by atoms with Gasteiger partial charge in [0.05, 0.1) is 12.8 Å². The monoisotopic (exact) mass is 248 g/mol. The zero-order valence-electron chi connectivity index (χ0n) is 11.1. The van der Waals surface area contributed by atoms with Gasteiger partial charge in [0.1, 0.15) is 5.76 Å². The van der Waals surface area contributed by atoms with Crippen molar-refractivity contribution in [3.63, 3.8) is 0 Å². The highest BCUT2D eigenvalue weighted by Crippen LogP contribution is 2.35. The molecule has 3 heteroatoms. The first kappa shape index (κ1) is 12.2. The van der Waals surface area contributed by atoms with Crippen LogP contribution in [0.5, 0.6) is 0 Å². The van der Waals surface area contributed by atoms with E-state index in [0.717, 1.165) is 29.8 Å². The Labute approximate surface area is 109 Å². The number of piperidine rings is 1. The van der Waals surface area contributed by atoms with Crippen LogP contribution in [0.2, 0.25) is 0 Å². The first-order valence-corrected chi connectivity index (χ1v) is 7.37. The molecule has 1 aliphatic heterocycles. The second-order valence-electron chi connectivity index (χ2n) is 5.85. The van der Waals surface area contributed by atoms with Gasteiger partial charge in [0, 0.05) is 18.2 Å². The molecular formula is C15H24N2O. The molecule has 18 heavy (non-hydrogen) atoms. The zero-order chi connectivity index (χ0) is 12.4. The Morgan fingerprint density at radius 1 is 1.22 bits per heavy atom. The van der Waals surface area contributed by atoms with Crippen molar-refractivity contribution >= 4 is 0 Å². The standard InChI is InChI=1S/C15H24N2O/c16-9-12-8-14(18-11-12)10-17-7-3-5-13-4-1-2-6-15(13)17/h8,11,13,15H,1-7,9-10,16H2. The largest absolute Gasteiger partial charge is 0.468 e. The van der Waals surface area contributed by atoms with Crippen LogP contribution in [0.25, 0.3) is 0 Å². The molecule has 100 valence electrons. The second kappa shape index (κ2) is 5.45. The molecule has 0 spiro atoms. The summed E-state index contributed by atoms with van der Waals surface area (Å²) in [5, 5.41) is 0. The molecule has 1 aliphatic carbocycles. The predicted molar refractivity (Wildman–Crippen MR) is 72.0 cm³/mol. The molecule has 1 saturated heterocycles. The molecule has 2 fully saturated rings. The fourth-order valence-electron chi connectivity index (χ4n) is 3.74. The van der Waals surface area contributed by atoms with Crippen molar-refractivity contribution in [3.8, 4) is 0 Å². The number of fused-ring (bicyclic) bond motifs is 1. The maximum absolute atomic E-state index is 5.63. The lowest BCUT2D eigenvalue weighted by Crippen LogP contribution is -2.46. The van der Waals surface area contributed by atoms with Crippen LogP contribution in [-0.4, -0.2) is 17.5 Å². The van der Waals surface area contributed by atoms with Gasteiger partial charge in [-0.05, 0) is 44.2 Å². The SMILES string of the molecule is NCc1coc(CN2CCCC3CCCCC32)c1. The van der Waals surface area contributed by atoms with Crippen LogP contribution in [0.1, 0.15) is 49.8 Å².